The second-order valence-corrected chi connectivity index (χ2v) is 9.24. The van der Waals surface area contributed by atoms with Gasteiger partial charge in [0.1, 0.15) is 10.7 Å². The number of aromatic nitrogens is 4. The van der Waals surface area contributed by atoms with Gasteiger partial charge in [-0.25, -0.2) is 9.97 Å². The van der Waals surface area contributed by atoms with Gasteiger partial charge in [0.2, 0.25) is 5.82 Å². The highest BCUT2D eigenvalue weighted by Crippen LogP contribution is 2.39. The first-order chi connectivity index (χ1) is 13.2. The summed E-state index contributed by atoms with van der Waals surface area (Å²) < 4.78 is 7.64. The molecular formula is C19H26N6O2S. The van der Waals surface area contributed by atoms with Gasteiger partial charge in [-0.2, -0.15) is 4.52 Å². The zero-order valence-electron chi connectivity index (χ0n) is 17.0. The maximum absolute atomic E-state index is 12.5. The van der Waals surface area contributed by atoms with Crippen molar-refractivity contribution in [2.75, 3.05) is 27.2 Å². The number of fused-ring (bicyclic) bond motifs is 5. The van der Waals surface area contributed by atoms with Crippen LogP contribution in [0.3, 0.4) is 0 Å². The van der Waals surface area contributed by atoms with E-state index in [0.717, 1.165) is 35.4 Å². The minimum absolute atomic E-state index is 0.188. The fourth-order valence-corrected chi connectivity index (χ4v) is 4.66. The highest BCUT2D eigenvalue weighted by molar-refractivity contribution is 7.19. The summed E-state index contributed by atoms with van der Waals surface area (Å²) in [6, 6.07) is 0. The van der Waals surface area contributed by atoms with Crippen molar-refractivity contribution in [3.8, 4) is 0 Å². The second-order valence-electron chi connectivity index (χ2n) is 8.15. The molecule has 150 valence electrons. The van der Waals surface area contributed by atoms with Crippen molar-refractivity contribution in [1.29, 1.82) is 0 Å². The normalized spacial score (nSPS) is 16.1. The largest absolute Gasteiger partial charge is 0.370 e. The molecule has 3 aromatic rings. The lowest BCUT2D eigenvalue weighted by Gasteiger charge is -2.30. The van der Waals surface area contributed by atoms with E-state index >= 15 is 0 Å². The number of rotatable bonds is 5. The Hall–Kier alpha value is -2.10. The van der Waals surface area contributed by atoms with Crippen LogP contribution in [0, 0.1) is 6.92 Å². The molecule has 1 aliphatic rings. The number of nitrogens with one attached hydrogen (secondary N) is 1. The molecule has 0 saturated heterocycles. The summed E-state index contributed by atoms with van der Waals surface area (Å²) >= 11 is 1.64. The van der Waals surface area contributed by atoms with E-state index in [2.05, 4.69) is 34.1 Å². The lowest BCUT2D eigenvalue weighted by Crippen LogP contribution is -2.31. The van der Waals surface area contributed by atoms with Gasteiger partial charge in [-0.1, -0.05) is 0 Å². The molecule has 0 saturated carbocycles. The maximum Gasteiger partial charge on any atom is 0.290 e. The standard InChI is InChI=1S/C19H26N6O2S/c1-11-21-18-14(12-9-19(2,3)27-10-13(12)28-18)16-22-15(23-25(11)16)17(26)20-7-6-8-24(4)5/h6-10H2,1-5H3,(H,20,26). The molecule has 28 heavy (non-hydrogen) atoms. The van der Waals surface area contributed by atoms with Crippen LogP contribution in [-0.4, -0.2) is 63.2 Å². The molecule has 1 aliphatic heterocycles. The van der Waals surface area contributed by atoms with E-state index in [1.54, 1.807) is 15.9 Å². The quantitative estimate of drug-likeness (QED) is 0.659. The summed E-state index contributed by atoms with van der Waals surface area (Å²) in [5.74, 6) is 0.664. The van der Waals surface area contributed by atoms with Crippen LogP contribution in [0.25, 0.3) is 15.9 Å². The van der Waals surface area contributed by atoms with Crippen LogP contribution in [0.2, 0.25) is 0 Å². The Morgan fingerprint density at radius 1 is 1.36 bits per heavy atom. The van der Waals surface area contributed by atoms with Gasteiger partial charge in [0.15, 0.2) is 5.65 Å². The van der Waals surface area contributed by atoms with Gasteiger partial charge in [0.25, 0.3) is 5.91 Å². The second kappa shape index (κ2) is 7.06. The number of ether oxygens (including phenoxy) is 1. The Kier molecular flexibility index (Phi) is 4.84. The molecule has 3 aromatic heterocycles. The van der Waals surface area contributed by atoms with Crippen LogP contribution in [0.4, 0.5) is 0 Å². The number of nitrogens with zero attached hydrogens (tertiary/aromatic N) is 5. The molecule has 1 amide bonds. The molecule has 9 heteroatoms. The average Bonchev–Trinajstić information content (AvgIpc) is 3.19. The van der Waals surface area contributed by atoms with Gasteiger partial charge in [-0.15, -0.1) is 16.4 Å². The van der Waals surface area contributed by atoms with Crippen molar-refractivity contribution in [3.05, 3.63) is 22.1 Å². The van der Waals surface area contributed by atoms with Crippen molar-refractivity contribution in [1.82, 2.24) is 29.8 Å². The smallest absolute Gasteiger partial charge is 0.290 e. The van der Waals surface area contributed by atoms with Crippen molar-refractivity contribution in [3.63, 3.8) is 0 Å². The first-order valence-corrected chi connectivity index (χ1v) is 10.3. The van der Waals surface area contributed by atoms with Crippen LogP contribution >= 0.6 is 11.3 Å². The number of amides is 1. The van der Waals surface area contributed by atoms with Gasteiger partial charge in [-0.05, 0) is 53.4 Å². The molecular weight excluding hydrogens is 376 g/mol. The SMILES string of the molecule is Cc1nc2sc3c(c2c2nc(C(=O)NCCCN(C)C)nn12)CC(C)(C)OC3. The molecule has 0 unspecified atom stereocenters. The third kappa shape index (κ3) is 3.49. The predicted molar refractivity (Wildman–Crippen MR) is 109 cm³/mol. The van der Waals surface area contributed by atoms with Crippen LogP contribution in [0.15, 0.2) is 0 Å². The minimum Gasteiger partial charge on any atom is -0.370 e. The Bertz CT molecular complexity index is 1050. The zero-order chi connectivity index (χ0) is 20.1. The molecule has 0 spiro atoms. The summed E-state index contributed by atoms with van der Waals surface area (Å²) in [7, 11) is 4.03. The Morgan fingerprint density at radius 3 is 2.89 bits per heavy atom. The summed E-state index contributed by atoms with van der Waals surface area (Å²) in [6.45, 7) is 8.17. The van der Waals surface area contributed by atoms with E-state index in [-0.39, 0.29) is 17.3 Å². The number of thiophene rings is 1. The summed E-state index contributed by atoms with van der Waals surface area (Å²) in [6.07, 6.45) is 1.67. The minimum atomic E-state index is -0.247. The van der Waals surface area contributed by atoms with E-state index in [0.29, 0.717) is 18.8 Å². The fourth-order valence-electron chi connectivity index (χ4n) is 3.51. The highest BCUT2D eigenvalue weighted by atomic mass is 32.1. The Morgan fingerprint density at radius 2 is 2.14 bits per heavy atom. The molecule has 8 nitrogen and oxygen atoms in total. The van der Waals surface area contributed by atoms with Crippen molar-refractivity contribution < 1.29 is 9.53 Å². The molecule has 0 radical (unpaired) electrons. The van der Waals surface area contributed by atoms with E-state index < -0.39 is 0 Å². The van der Waals surface area contributed by atoms with Crippen molar-refractivity contribution in [2.45, 2.75) is 45.8 Å². The zero-order valence-corrected chi connectivity index (χ0v) is 17.8. The van der Waals surface area contributed by atoms with Gasteiger partial charge in [0.05, 0.1) is 17.6 Å². The van der Waals surface area contributed by atoms with Crippen LogP contribution in [0.5, 0.6) is 0 Å². The van der Waals surface area contributed by atoms with E-state index in [4.69, 9.17) is 9.72 Å². The molecule has 0 atom stereocenters. The summed E-state index contributed by atoms with van der Waals surface area (Å²) in [5.41, 5.74) is 1.70. The molecule has 0 aliphatic carbocycles. The van der Waals surface area contributed by atoms with Crippen molar-refractivity contribution in [2.24, 2.45) is 0 Å². The predicted octanol–water partition coefficient (Wildman–Crippen LogP) is 2.18. The van der Waals surface area contributed by atoms with E-state index in [1.165, 1.54) is 10.4 Å². The Balaban J connectivity index is 1.70. The number of carbonyl (C=O) groups is 1. The summed E-state index contributed by atoms with van der Waals surface area (Å²) in [4.78, 5) is 26.1. The van der Waals surface area contributed by atoms with Gasteiger partial charge < -0.3 is 15.0 Å². The average molecular weight is 403 g/mol. The van der Waals surface area contributed by atoms with Gasteiger partial charge in [0, 0.05) is 17.8 Å². The Labute approximate surface area is 167 Å². The molecule has 4 heterocycles. The van der Waals surface area contributed by atoms with Crippen LogP contribution in [0.1, 0.15) is 47.2 Å². The van der Waals surface area contributed by atoms with Gasteiger partial charge >= 0.3 is 0 Å². The number of hydrogen-bond donors (Lipinski definition) is 1. The molecule has 0 bridgehead atoms. The maximum atomic E-state index is 12.5. The monoisotopic (exact) mass is 402 g/mol. The van der Waals surface area contributed by atoms with Gasteiger partial charge in [-0.3, -0.25) is 4.79 Å². The lowest BCUT2D eigenvalue weighted by molar-refractivity contribution is -0.0379. The summed E-state index contributed by atoms with van der Waals surface area (Å²) in [5, 5.41) is 8.35. The van der Waals surface area contributed by atoms with Crippen LogP contribution < -0.4 is 5.32 Å². The number of carbonyl (C=O) groups excluding carboxylic acids is 1. The molecule has 4 rings (SSSR count). The molecule has 0 aromatic carbocycles. The number of aryl methyl sites for hydroxylation is 1. The van der Waals surface area contributed by atoms with Crippen LogP contribution in [-0.2, 0) is 17.8 Å². The first-order valence-electron chi connectivity index (χ1n) is 9.50. The topological polar surface area (TPSA) is 84.7 Å². The third-order valence-electron chi connectivity index (χ3n) is 4.94. The number of hydrogen-bond acceptors (Lipinski definition) is 7. The first kappa shape index (κ1) is 19.2. The third-order valence-corrected chi connectivity index (χ3v) is 6.04. The van der Waals surface area contributed by atoms with E-state index in [1.807, 2.05) is 21.0 Å². The lowest BCUT2D eigenvalue weighted by atomic mass is 9.94. The molecule has 0 fully saturated rings. The highest BCUT2D eigenvalue weighted by Gasteiger charge is 2.31. The van der Waals surface area contributed by atoms with E-state index in [9.17, 15) is 4.79 Å². The molecule has 1 N–H and O–H groups in total. The van der Waals surface area contributed by atoms with Crippen molar-refractivity contribution >= 4 is 33.1 Å². The fraction of sp³-hybridized carbons (Fsp3) is 0.579.